The van der Waals surface area contributed by atoms with Gasteiger partial charge in [0.25, 0.3) is 0 Å². The van der Waals surface area contributed by atoms with Gasteiger partial charge in [-0.25, -0.2) is 9.78 Å². The van der Waals surface area contributed by atoms with Crippen LogP contribution in [0.2, 0.25) is 0 Å². The second-order valence-electron chi connectivity index (χ2n) is 5.02. The second-order valence-corrected chi connectivity index (χ2v) is 5.88. The summed E-state index contributed by atoms with van der Waals surface area (Å²) in [5.41, 5.74) is 1.81. The molecule has 0 radical (unpaired) electrons. The Morgan fingerprint density at radius 2 is 2.11 bits per heavy atom. The number of carboxylic acids is 1. The Morgan fingerprint density at radius 1 is 1.39 bits per heavy atom. The molecule has 18 heavy (non-hydrogen) atoms. The minimum atomic E-state index is -0.953. The van der Waals surface area contributed by atoms with Gasteiger partial charge in [0.2, 0.25) is 0 Å². The molecule has 0 spiro atoms. The van der Waals surface area contributed by atoms with Crippen LogP contribution in [0, 0.1) is 0 Å². The summed E-state index contributed by atoms with van der Waals surface area (Å²) >= 11 is 1.48. The predicted octanol–water partition coefficient (Wildman–Crippen LogP) is 3.20. The van der Waals surface area contributed by atoms with Gasteiger partial charge in [0.05, 0.1) is 17.0 Å². The summed E-state index contributed by atoms with van der Waals surface area (Å²) in [5, 5.41) is 11.7. The predicted molar refractivity (Wildman–Crippen MR) is 71.0 cm³/mol. The molecule has 0 aliphatic heterocycles. The lowest BCUT2D eigenvalue weighted by atomic mass is 9.93. The Kier molecular flexibility index (Phi) is 3.17. The van der Waals surface area contributed by atoms with Crippen molar-refractivity contribution in [1.82, 2.24) is 9.97 Å². The van der Waals surface area contributed by atoms with Gasteiger partial charge in [0.1, 0.15) is 5.01 Å². The summed E-state index contributed by atoms with van der Waals surface area (Å²) in [7, 11) is 0. The van der Waals surface area contributed by atoms with Crippen LogP contribution in [0.5, 0.6) is 0 Å². The van der Waals surface area contributed by atoms with E-state index in [-0.39, 0.29) is 11.0 Å². The number of thiazole rings is 1. The first kappa shape index (κ1) is 12.7. The number of carboxylic acid groups (broad SMARTS) is 1. The minimum Gasteiger partial charge on any atom is -0.478 e. The summed E-state index contributed by atoms with van der Waals surface area (Å²) in [6.07, 6.45) is 1.50. The average Bonchev–Trinajstić information content (AvgIpc) is 2.78. The third-order valence-electron chi connectivity index (χ3n) is 2.50. The molecule has 0 saturated carbocycles. The van der Waals surface area contributed by atoms with Crippen LogP contribution < -0.4 is 0 Å². The van der Waals surface area contributed by atoms with Crippen molar-refractivity contribution in [2.75, 3.05) is 0 Å². The summed E-state index contributed by atoms with van der Waals surface area (Å²) in [6, 6.07) is 3.03. The highest BCUT2D eigenvalue weighted by molar-refractivity contribution is 7.13. The Bertz CT molecular complexity index is 585. The fourth-order valence-electron chi connectivity index (χ4n) is 1.42. The molecule has 0 fully saturated rings. The highest BCUT2D eigenvalue weighted by atomic mass is 32.1. The normalized spacial score (nSPS) is 11.5. The third-order valence-corrected chi connectivity index (χ3v) is 3.36. The molecule has 0 bridgehead atoms. The van der Waals surface area contributed by atoms with Gasteiger partial charge in [-0.15, -0.1) is 11.3 Å². The molecule has 2 aromatic heterocycles. The average molecular weight is 262 g/mol. The highest BCUT2D eigenvalue weighted by Gasteiger charge is 2.18. The molecule has 2 heterocycles. The molecule has 4 nitrogen and oxygen atoms in total. The van der Waals surface area contributed by atoms with Crippen molar-refractivity contribution in [2.45, 2.75) is 26.2 Å². The van der Waals surface area contributed by atoms with Gasteiger partial charge in [-0.1, -0.05) is 20.8 Å². The maximum absolute atomic E-state index is 10.9. The molecule has 0 aliphatic rings. The van der Waals surface area contributed by atoms with Gasteiger partial charge in [-0.2, -0.15) is 0 Å². The van der Waals surface area contributed by atoms with Crippen LogP contribution in [0.15, 0.2) is 23.7 Å². The van der Waals surface area contributed by atoms with Crippen molar-refractivity contribution < 1.29 is 9.90 Å². The van der Waals surface area contributed by atoms with Crippen LogP contribution in [0.1, 0.15) is 36.8 Å². The number of aromatic nitrogens is 2. The third kappa shape index (κ3) is 2.56. The Labute approximate surface area is 109 Å². The van der Waals surface area contributed by atoms with E-state index in [2.05, 4.69) is 30.7 Å². The van der Waals surface area contributed by atoms with E-state index in [4.69, 9.17) is 5.11 Å². The molecule has 5 heteroatoms. The van der Waals surface area contributed by atoms with E-state index in [1.54, 1.807) is 6.07 Å². The Hall–Kier alpha value is -1.75. The number of aromatic carboxylic acids is 1. The SMILES string of the molecule is CC(C)(C)c1csc(-c2cc(C(=O)O)ccn2)n1. The van der Waals surface area contributed by atoms with Crippen LogP contribution in [0.25, 0.3) is 10.7 Å². The smallest absolute Gasteiger partial charge is 0.335 e. The fourth-order valence-corrected chi connectivity index (χ4v) is 2.43. The van der Waals surface area contributed by atoms with Gasteiger partial charge < -0.3 is 5.11 Å². The summed E-state index contributed by atoms with van der Waals surface area (Å²) in [4.78, 5) is 19.6. The van der Waals surface area contributed by atoms with Crippen LogP contribution in [-0.4, -0.2) is 21.0 Å². The van der Waals surface area contributed by atoms with Gasteiger partial charge in [-0.3, -0.25) is 4.98 Å². The van der Waals surface area contributed by atoms with Crippen molar-refractivity contribution in [1.29, 1.82) is 0 Å². The summed E-state index contributed by atoms with van der Waals surface area (Å²) < 4.78 is 0. The molecular weight excluding hydrogens is 248 g/mol. The first-order valence-corrected chi connectivity index (χ1v) is 6.41. The van der Waals surface area contributed by atoms with Crippen molar-refractivity contribution in [3.8, 4) is 10.7 Å². The van der Waals surface area contributed by atoms with Gasteiger partial charge in [0.15, 0.2) is 0 Å². The molecular formula is C13H14N2O2S. The molecule has 0 atom stereocenters. The van der Waals surface area contributed by atoms with Gasteiger partial charge in [0, 0.05) is 17.0 Å². The van der Waals surface area contributed by atoms with E-state index in [0.717, 1.165) is 10.7 Å². The number of hydrogen-bond donors (Lipinski definition) is 1. The maximum Gasteiger partial charge on any atom is 0.335 e. The van der Waals surface area contributed by atoms with Crippen LogP contribution in [-0.2, 0) is 5.41 Å². The monoisotopic (exact) mass is 262 g/mol. The van der Waals surface area contributed by atoms with Crippen molar-refractivity contribution in [3.05, 3.63) is 35.0 Å². The largest absolute Gasteiger partial charge is 0.478 e. The summed E-state index contributed by atoms with van der Waals surface area (Å²) in [5.74, 6) is -0.953. The Balaban J connectivity index is 2.40. The molecule has 94 valence electrons. The molecule has 2 rings (SSSR count). The van der Waals surface area contributed by atoms with E-state index in [1.165, 1.54) is 23.6 Å². The zero-order valence-corrected chi connectivity index (χ0v) is 11.3. The zero-order chi connectivity index (χ0) is 13.3. The lowest BCUT2D eigenvalue weighted by Crippen LogP contribution is -2.11. The fraction of sp³-hybridized carbons (Fsp3) is 0.308. The molecule has 0 saturated heterocycles. The lowest BCUT2D eigenvalue weighted by Gasteiger charge is -2.14. The highest BCUT2D eigenvalue weighted by Crippen LogP contribution is 2.28. The van der Waals surface area contributed by atoms with E-state index in [0.29, 0.717) is 5.69 Å². The van der Waals surface area contributed by atoms with Crippen LogP contribution in [0.3, 0.4) is 0 Å². The molecule has 0 aromatic carbocycles. The molecule has 2 aromatic rings. The number of rotatable bonds is 2. The zero-order valence-electron chi connectivity index (χ0n) is 10.5. The first-order valence-electron chi connectivity index (χ1n) is 5.53. The number of hydrogen-bond acceptors (Lipinski definition) is 4. The van der Waals surface area contributed by atoms with E-state index < -0.39 is 5.97 Å². The molecule has 0 aliphatic carbocycles. The van der Waals surface area contributed by atoms with E-state index in [1.807, 2.05) is 5.38 Å². The summed E-state index contributed by atoms with van der Waals surface area (Å²) in [6.45, 7) is 6.27. The number of nitrogens with zero attached hydrogens (tertiary/aromatic N) is 2. The number of pyridine rings is 1. The molecule has 1 N–H and O–H groups in total. The number of carbonyl (C=O) groups is 1. The van der Waals surface area contributed by atoms with E-state index in [9.17, 15) is 4.79 Å². The van der Waals surface area contributed by atoms with Gasteiger partial charge in [-0.05, 0) is 12.1 Å². The quantitative estimate of drug-likeness (QED) is 0.902. The minimum absolute atomic E-state index is 0.0147. The van der Waals surface area contributed by atoms with Gasteiger partial charge >= 0.3 is 5.97 Å². The van der Waals surface area contributed by atoms with Crippen LogP contribution >= 0.6 is 11.3 Å². The van der Waals surface area contributed by atoms with E-state index >= 15 is 0 Å². The topological polar surface area (TPSA) is 63.1 Å². The molecule has 0 unspecified atom stereocenters. The van der Waals surface area contributed by atoms with Crippen molar-refractivity contribution >= 4 is 17.3 Å². The molecule has 0 amide bonds. The maximum atomic E-state index is 10.9. The van der Waals surface area contributed by atoms with Crippen molar-refractivity contribution in [2.24, 2.45) is 0 Å². The lowest BCUT2D eigenvalue weighted by molar-refractivity contribution is 0.0697. The second kappa shape index (κ2) is 4.49. The van der Waals surface area contributed by atoms with Crippen LogP contribution in [0.4, 0.5) is 0 Å². The first-order chi connectivity index (χ1) is 8.38. The standard InChI is InChI=1S/C13H14N2O2S/c1-13(2,3)10-7-18-11(15-10)9-6-8(12(16)17)4-5-14-9/h4-7H,1-3H3,(H,16,17). The Morgan fingerprint density at radius 3 is 2.67 bits per heavy atom. The van der Waals surface area contributed by atoms with Crippen molar-refractivity contribution in [3.63, 3.8) is 0 Å².